The predicted molar refractivity (Wildman–Crippen MR) is 120 cm³/mol. The Morgan fingerprint density at radius 3 is 2.70 bits per heavy atom. The molecule has 0 aliphatic heterocycles. The van der Waals surface area contributed by atoms with E-state index >= 15 is 0 Å². The molecular weight excluding hydrogens is 420 g/mol. The van der Waals surface area contributed by atoms with Gasteiger partial charge in [0.2, 0.25) is 5.91 Å². The zero-order valence-corrected chi connectivity index (χ0v) is 17.7. The number of rotatable bonds is 6. The molecule has 0 fully saturated rings. The number of hydrogen-bond donors (Lipinski definition) is 3. The van der Waals surface area contributed by atoms with Gasteiger partial charge in [0.1, 0.15) is 4.83 Å². The number of benzene rings is 2. The van der Waals surface area contributed by atoms with E-state index in [4.69, 9.17) is 11.6 Å². The molecular formula is C22H19ClN4O2S. The minimum atomic E-state index is -0.193. The fraction of sp³-hybridized carbons (Fsp3) is 0.136. The van der Waals surface area contributed by atoms with Crippen molar-refractivity contribution in [3.8, 4) is 0 Å². The first-order chi connectivity index (χ1) is 14.5. The Balaban J connectivity index is 1.42. The summed E-state index contributed by atoms with van der Waals surface area (Å²) in [4.78, 5) is 26.2. The van der Waals surface area contributed by atoms with Gasteiger partial charge in [-0.05, 0) is 36.2 Å². The molecule has 0 spiro atoms. The van der Waals surface area contributed by atoms with Crippen molar-refractivity contribution in [2.75, 3.05) is 5.32 Å². The van der Waals surface area contributed by atoms with Crippen molar-refractivity contribution < 1.29 is 9.59 Å². The number of carbonyl (C=O) groups is 2. The first-order valence-electron chi connectivity index (χ1n) is 9.34. The van der Waals surface area contributed by atoms with Crippen LogP contribution in [0, 0.1) is 6.92 Å². The van der Waals surface area contributed by atoms with Gasteiger partial charge in [0, 0.05) is 11.6 Å². The summed E-state index contributed by atoms with van der Waals surface area (Å²) in [5, 5.41) is 14.1. The average Bonchev–Trinajstić information content (AvgIpc) is 3.28. The molecule has 30 heavy (non-hydrogen) atoms. The highest BCUT2D eigenvalue weighted by molar-refractivity contribution is 7.20. The average molecular weight is 439 g/mol. The number of hydrogen-bond acceptors (Lipinski definition) is 4. The molecule has 4 aromatic rings. The summed E-state index contributed by atoms with van der Waals surface area (Å²) in [5.41, 5.74) is 2.96. The standard InChI is InChI=1S/C22H19ClN4O2S/c1-13-4-2-5-14(8-13)10-19(28)25-20-17-11-18(30-22(17)27-26-20)21(29)24-12-15-6-3-7-16(23)9-15/h2-9,11H,10,12H2,1H3,(H,24,29)(H2,25,26,27,28). The minimum Gasteiger partial charge on any atom is -0.347 e. The lowest BCUT2D eigenvalue weighted by atomic mass is 10.1. The smallest absolute Gasteiger partial charge is 0.261 e. The van der Waals surface area contributed by atoms with Crippen LogP contribution in [0.25, 0.3) is 10.2 Å². The van der Waals surface area contributed by atoms with Gasteiger partial charge in [-0.3, -0.25) is 14.7 Å². The van der Waals surface area contributed by atoms with Gasteiger partial charge in [0.25, 0.3) is 5.91 Å². The van der Waals surface area contributed by atoms with Crippen LogP contribution < -0.4 is 10.6 Å². The molecule has 2 heterocycles. The van der Waals surface area contributed by atoms with Gasteiger partial charge in [-0.25, -0.2) is 0 Å². The Labute approximate surface area is 182 Å². The van der Waals surface area contributed by atoms with E-state index in [1.165, 1.54) is 11.3 Å². The molecule has 3 N–H and O–H groups in total. The number of aromatic nitrogens is 2. The molecule has 2 amide bonds. The molecule has 152 valence electrons. The number of carbonyl (C=O) groups excluding carboxylic acids is 2. The Bertz CT molecular complexity index is 1230. The third kappa shape index (κ3) is 4.69. The van der Waals surface area contributed by atoms with E-state index in [9.17, 15) is 9.59 Å². The fourth-order valence-corrected chi connectivity index (χ4v) is 4.26. The molecule has 0 aliphatic carbocycles. The number of thiophene rings is 1. The highest BCUT2D eigenvalue weighted by Gasteiger charge is 2.16. The van der Waals surface area contributed by atoms with Crippen LogP contribution in [0.2, 0.25) is 5.02 Å². The molecule has 0 saturated carbocycles. The van der Waals surface area contributed by atoms with Crippen molar-refractivity contribution >= 4 is 50.8 Å². The molecule has 4 rings (SSSR count). The van der Waals surface area contributed by atoms with Crippen LogP contribution in [-0.2, 0) is 17.8 Å². The molecule has 0 saturated heterocycles. The van der Waals surface area contributed by atoms with Crippen LogP contribution in [0.5, 0.6) is 0 Å². The first kappa shape index (κ1) is 20.1. The van der Waals surface area contributed by atoms with E-state index in [2.05, 4.69) is 20.8 Å². The minimum absolute atomic E-state index is 0.160. The van der Waals surface area contributed by atoms with Crippen molar-refractivity contribution in [2.24, 2.45) is 0 Å². The van der Waals surface area contributed by atoms with E-state index in [1.54, 1.807) is 12.1 Å². The zero-order chi connectivity index (χ0) is 21.1. The molecule has 0 aliphatic rings. The van der Waals surface area contributed by atoms with Crippen LogP contribution in [0.15, 0.2) is 54.6 Å². The fourth-order valence-electron chi connectivity index (χ4n) is 3.12. The number of aryl methyl sites for hydroxylation is 1. The van der Waals surface area contributed by atoms with Crippen LogP contribution in [0.4, 0.5) is 5.82 Å². The van der Waals surface area contributed by atoms with Gasteiger partial charge in [-0.2, -0.15) is 5.10 Å². The maximum absolute atomic E-state index is 12.5. The second-order valence-electron chi connectivity index (χ2n) is 6.95. The number of halogens is 1. The topological polar surface area (TPSA) is 86.9 Å². The normalized spacial score (nSPS) is 10.9. The van der Waals surface area contributed by atoms with E-state index in [0.717, 1.165) is 21.5 Å². The number of anilines is 1. The number of fused-ring (bicyclic) bond motifs is 1. The second-order valence-corrected chi connectivity index (χ2v) is 8.44. The predicted octanol–water partition coefficient (Wildman–Crippen LogP) is 4.70. The highest BCUT2D eigenvalue weighted by Crippen LogP contribution is 2.29. The number of nitrogens with zero attached hydrogens (tertiary/aromatic N) is 1. The largest absolute Gasteiger partial charge is 0.347 e. The third-order valence-corrected chi connectivity index (χ3v) is 5.80. The number of nitrogens with one attached hydrogen (secondary N) is 3. The van der Waals surface area contributed by atoms with Gasteiger partial charge >= 0.3 is 0 Å². The maximum atomic E-state index is 12.5. The molecule has 6 nitrogen and oxygen atoms in total. The van der Waals surface area contributed by atoms with E-state index in [0.29, 0.717) is 27.6 Å². The summed E-state index contributed by atoms with van der Waals surface area (Å²) in [6.45, 7) is 2.37. The van der Waals surface area contributed by atoms with Crippen LogP contribution in [0.1, 0.15) is 26.4 Å². The monoisotopic (exact) mass is 438 g/mol. The van der Waals surface area contributed by atoms with E-state index in [-0.39, 0.29) is 18.2 Å². The van der Waals surface area contributed by atoms with Crippen molar-refractivity contribution in [1.82, 2.24) is 15.5 Å². The van der Waals surface area contributed by atoms with Crippen molar-refractivity contribution in [3.05, 3.63) is 81.2 Å². The number of H-pyrrole nitrogens is 1. The SMILES string of the molecule is Cc1cccc(CC(=O)Nc2n[nH]c3sc(C(=O)NCc4cccc(Cl)c4)cc23)c1. The Hall–Kier alpha value is -3.16. The summed E-state index contributed by atoms with van der Waals surface area (Å²) in [5.74, 6) is 0.0709. The zero-order valence-electron chi connectivity index (χ0n) is 16.2. The summed E-state index contributed by atoms with van der Waals surface area (Å²) >= 11 is 7.27. The van der Waals surface area contributed by atoms with Gasteiger partial charge < -0.3 is 10.6 Å². The lowest BCUT2D eigenvalue weighted by molar-refractivity contribution is -0.115. The van der Waals surface area contributed by atoms with Crippen LogP contribution in [0.3, 0.4) is 0 Å². The van der Waals surface area contributed by atoms with Crippen molar-refractivity contribution in [1.29, 1.82) is 0 Å². The summed E-state index contributed by atoms with van der Waals surface area (Å²) in [6, 6.07) is 16.9. The summed E-state index contributed by atoms with van der Waals surface area (Å²) < 4.78 is 0. The molecule has 0 bridgehead atoms. The lowest BCUT2D eigenvalue weighted by Crippen LogP contribution is -2.21. The van der Waals surface area contributed by atoms with Gasteiger partial charge in [0.15, 0.2) is 5.82 Å². The Morgan fingerprint density at radius 2 is 1.90 bits per heavy atom. The molecule has 0 unspecified atom stereocenters. The van der Waals surface area contributed by atoms with E-state index in [1.807, 2.05) is 49.4 Å². The first-order valence-corrected chi connectivity index (χ1v) is 10.5. The number of aromatic amines is 1. The quantitative estimate of drug-likeness (QED) is 0.408. The lowest BCUT2D eigenvalue weighted by Gasteiger charge is -2.04. The number of amides is 2. The molecule has 2 aromatic carbocycles. The van der Waals surface area contributed by atoms with Crippen LogP contribution in [-0.4, -0.2) is 22.0 Å². The third-order valence-electron chi connectivity index (χ3n) is 4.53. The van der Waals surface area contributed by atoms with Crippen LogP contribution >= 0.6 is 22.9 Å². The maximum Gasteiger partial charge on any atom is 0.261 e. The van der Waals surface area contributed by atoms with Gasteiger partial charge in [0.05, 0.1) is 16.7 Å². The van der Waals surface area contributed by atoms with E-state index < -0.39 is 0 Å². The highest BCUT2D eigenvalue weighted by atomic mass is 35.5. The summed E-state index contributed by atoms with van der Waals surface area (Å²) in [6.07, 6.45) is 0.257. The molecule has 2 aromatic heterocycles. The molecule has 0 radical (unpaired) electrons. The Kier molecular flexibility index (Phi) is 5.83. The van der Waals surface area contributed by atoms with Crippen molar-refractivity contribution in [3.63, 3.8) is 0 Å². The molecule has 8 heteroatoms. The van der Waals surface area contributed by atoms with Gasteiger partial charge in [-0.15, -0.1) is 11.3 Å². The molecule has 0 atom stereocenters. The Morgan fingerprint density at radius 1 is 1.10 bits per heavy atom. The second kappa shape index (κ2) is 8.69. The summed E-state index contributed by atoms with van der Waals surface area (Å²) in [7, 11) is 0. The van der Waals surface area contributed by atoms with Crippen molar-refractivity contribution in [2.45, 2.75) is 19.9 Å². The van der Waals surface area contributed by atoms with Gasteiger partial charge in [-0.1, -0.05) is 53.6 Å².